The number of hydrogen-bond donors (Lipinski definition) is 1. The van der Waals surface area contributed by atoms with Gasteiger partial charge >= 0.3 is 0 Å². The summed E-state index contributed by atoms with van der Waals surface area (Å²) in [5.41, 5.74) is 2.84. The molecule has 0 aromatic heterocycles. The molecule has 3 nitrogen and oxygen atoms in total. The van der Waals surface area contributed by atoms with Crippen LogP contribution in [0.25, 0.3) is 0 Å². The molecular weight excluding hydrogens is 90.1 g/mol. The topological polar surface area (TPSA) is 36.8 Å². The Hall–Kier alpha value is -0.600. The van der Waals surface area contributed by atoms with Crippen molar-refractivity contribution in [2.75, 3.05) is 6.54 Å². The Morgan fingerprint density at radius 2 is 2.57 bits per heavy atom. The summed E-state index contributed by atoms with van der Waals surface area (Å²) in [6.07, 6.45) is 1.11. The van der Waals surface area contributed by atoms with Gasteiger partial charge in [0.25, 0.3) is 0 Å². The summed E-state index contributed by atoms with van der Waals surface area (Å²) < 4.78 is 0. The molecule has 0 amide bonds. The van der Waals surface area contributed by atoms with E-state index in [1.54, 1.807) is 0 Å². The summed E-state index contributed by atoms with van der Waals surface area (Å²) in [5.74, 6) is 0. The van der Waals surface area contributed by atoms with Crippen molar-refractivity contribution in [3.05, 3.63) is 0 Å². The fourth-order valence-electron chi connectivity index (χ4n) is 0.505. The molecule has 0 spiro atoms. The lowest BCUT2D eigenvalue weighted by atomic mass is 10.2. The molecule has 0 saturated heterocycles. The van der Waals surface area contributed by atoms with Gasteiger partial charge in [-0.15, -0.1) is 0 Å². The van der Waals surface area contributed by atoms with Crippen LogP contribution < -0.4 is 5.43 Å². The van der Waals surface area contributed by atoms with Crippen LogP contribution >= 0.6 is 0 Å². The third-order valence-corrected chi connectivity index (χ3v) is 1.01. The van der Waals surface area contributed by atoms with Crippen LogP contribution in [0.5, 0.6) is 0 Å². The van der Waals surface area contributed by atoms with Crippen molar-refractivity contribution in [2.45, 2.75) is 19.4 Å². The van der Waals surface area contributed by atoms with E-state index in [0.717, 1.165) is 13.0 Å². The standard InChI is InChI=1S/C4H9N3/c1-4-2-3-5-7-6-4/h4H,2-3H2,1H3,(H,5,6). The third kappa shape index (κ3) is 1.14. The molecule has 0 aromatic rings. The maximum absolute atomic E-state index is 3.74. The fourth-order valence-corrected chi connectivity index (χ4v) is 0.505. The molecule has 3 heteroatoms. The lowest BCUT2D eigenvalue weighted by molar-refractivity contribution is 0.466. The average molecular weight is 99.1 g/mol. The minimum absolute atomic E-state index is 0.525. The van der Waals surface area contributed by atoms with E-state index < -0.39 is 0 Å². The Morgan fingerprint density at radius 3 is 2.86 bits per heavy atom. The fraction of sp³-hybridized carbons (Fsp3) is 1.00. The van der Waals surface area contributed by atoms with Crippen molar-refractivity contribution in [1.82, 2.24) is 5.43 Å². The highest BCUT2D eigenvalue weighted by atomic mass is 15.4. The van der Waals surface area contributed by atoms with E-state index in [2.05, 4.69) is 22.7 Å². The molecule has 1 rings (SSSR count). The van der Waals surface area contributed by atoms with E-state index in [1.165, 1.54) is 0 Å². The molecule has 0 radical (unpaired) electrons. The van der Waals surface area contributed by atoms with Gasteiger partial charge in [-0.05, 0) is 13.3 Å². The maximum Gasteiger partial charge on any atom is 0.0640 e. The highest BCUT2D eigenvalue weighted by Crippen LogP contribution is 1.95. The zero-order valence-corrected chi connectivity index (χ0v) is 4.39. The van der Waals surface area contributed by atoms with Crippen molar-refractivity contribution >= 4 is 0 Å². The molecular formula is C4H9N3. The van der Waals surface area contributed by atoms with Gasteiger partial charge in [0.05, 0.1) is 6.54 Å². The van der Waals surface area contributed by atoms with E-state index in [9.17, 15) is 0 Å². The minimum Gasteiger partial charge on any atom is -0.289 e. The van der Waals surface area contributed by atoms with Crippen molar-refractivity contribution in [2.24, 2.45) is 10.3 Å². The summed E-state index contributed by atoms with van der Waals surface area (Å²) >= 11 is 0. The molecule has 0 saturated carbocycles. The van der Waals surface area contributed by atoms with E-state index in [-0.39, 0.29) is 0 Å². The average Bonchev–Trinajstić information content (AvgIpc) is 1.69. The Balaban J connectivity index is 2.32. The highest BCUT2D eigenvalue weighted by molar-refractivity contribution is 4.60. The molecule has 1 N–H and O–H groups in total. The number of rotatable bonds is 0. The van der Waals surface area contributed by atoms with Crippen LogP contribution in [0, 0.1) is 0 Å². The summed E-state index contributed by atoms with van der Waals surface area (Å²) in [6, 6.07) is 0.525. The predicted molar refractivity (Wildman–Crippen MR) is 26.9 cm³/mol. The van der Waals surface area contributed by atoms with Gasteiger partial charge in [0, 0.05) is 6.04 Å². The second-order valence-corrected chi connectivity index (χ2v) is 1.78. The highest BCUT2D eigenvalue weighted by Gasteiger charge is 2.00. The van der Waals surface area contributed by atoms with Crippen molar-refractivity contribution in [1.29, 1.82) is 0 Å². The van der Waals surface area contributed by atoms with Gasteiger partial charge in [0.2, 0.25) is 0 Å². The lowest BCUT2D eigenvalue weighted by Gasteiger charge is -2.10. The zero-order chi connectivity index (χ0) is 5.11. The predicted octanol–water partition coefficient (Wildman–Crippen LogP) is 0.735. The normalized spacial score (nSPS) is 29.6. The molecule has 1 aliphatic heterocycles. The molecule has 1 unspecified atom stereocenters. The monoisotopic (exact) mass is 99.1 g/mol. The number of nitrogens with one attached hydrogen (secondary N) is 1. The molecule has 7 heavy (non-hydrogen) atoms. The second-order valence-electron chi connectivity index (χ2n) is 1.78. The van der Waals surface area contributed by atoms with Crippen LogP contribution in [0.2, 0.25) is 0 Å². The van der Waals surface area contributed by atoms with Gasteiger partial charge in [0.15, 0.2) is 0 Å². The third-order valence-electron chi connectivity index (χ3n) is 1.01. The van der Waals surface area contributed by atoms with Crippen LogP contribution in [0.3, 0.4) is 0 Å². The Morgan fingerprint density at radius 1 is 1.71 bits per heavy atom. The molecule has 1 atom stereocenters. The first-order valence-electron chi connectivity index (χ1n) is 2.51. The summed E-state index contributed by atoms with van der Waals surface area (Å²) in [6.45, 7) is 2.98. The molecule has 1 aliphatic rings. The summed E-state index contributed by atoms with van der Waals surface area (Å²) in [4.78, 5) is 0. The van der Waals surface area contributed by atoms with Gasteiger partial charge < -0.3 is 0 Å². The van der Waals surface area contributed by atoms with Gasteiger partial charge in [-0.25, -0.2) is 0 Å². The molecule has 1 heterocycles. The van der Waals surface area contributed by atoms with Crippen molar-refractivity contribution in [3.8, 4) is 0 Å². The molecule has 0 bridgehead atoms. The van der Waals surface area contributed by atoms with Crippen LogP contribution in [0.4, 0.5) is 0 Å². The van der Waals surface area contributed by atoms with Crippen molar-refractivity contribution in [3.63, 3.8) is 0 Å². The number of nitrogens with zero attached hydrogens (tertiary/aromatic N) is 2. The first-order chi connectivity index (χ1) is 3.39. The van der Waals surface area contributed by atoms with E-state index >= 15 is 0 Å². The summed E-state index contributed by atoms with van der Waals surface area (Å²) in [7, 11) is 0. The van der Waals surface area contributed by atoms with Gasteiger partial charge in [-0.2, -0.15) is 5.11 Å². The van der Waals surface area contributed by atoms with Crippen molar-refractivity contribution < 1.29 is 0 Å². The maximum atomic E-state index is 3.74. The van der Waals surface area contributed by atoms with E-state index in [0.29, 0.717) is 6.04 Å². The first-order valence-corrected chi connectivity index (χ1v) is 2.51. The molecule has 0 fully saturated rings. The molecule has 40 valence electrons. The number of hydrogen-bond acceptors (Lipinski definition) is 3. The Labute approximate surface area is 42.8 Å². The minimum atomic E-state index is 0.525. The first kappa shape index (κ1) is 4.56. The molecule has 0 aliphatic carbocycles. The zero-order valence-electron chi connectivity index (χ0n) is 4.39. The van der Waals surface area contributed by atoms with Gasteiger partial charge in [-0.1, -0.05) is 5.22 Å². The van der Waals surface area contributed by atoms with Crippen LogP contribution in [-0.2, 0) is 0 Å². The Kier molecular flexibility index (Phi) is 1.24. The van der Waals surface area contributed by atoms with Crippen LogP contribution in [0.15, 0.2) is 10.3 Å². The quantitative estimate of drug-likeness (QED) is 0.477. The summed E-state index contributed by atoms with van der Waals surface area (Å²) in [5, 5.41) is 7.37. The lowest BCUT2D eigenvalue weighted by Crippen LogP contribution is -2.23. The van der Waals surface area contributed by atoms with Crippen LogP contribution in [-0.4, -0.2) is 12.6 Å². The second kappa shape index (κ2) is 1.91. The van der Waals surface area contributed by atoms with Gasteiger partial charge in [-0.3, -0.25) is 5.43 Å². The van der Waals surface area contributed by atoms with E-state index in [1.807, 2.05) is 0 Å². The van der Waals surface area contributed by atoms with Crippen LogP contribution in [0.1, 0.15) is 13.3 Å². The molecule has 0 aromatic carbocycles. The largest absolute Gasteiger partial charge is 0.289 e. The van der Waals surface area contributed by atoms with Gasteiger partial charge in [0.1, 0.15) is 0 Å². The SMILES string of the molecule is CC1CCN=NN1. The smallest absolute Gasteiger partial charge is 0.0640 e. The van der Waals surface area contributed by atoms with E-state index in [4.69, 9.17) is 0 Å². The Bertz CT molecular complexity index is 79.0.